The zero-order chi connectivity index (χ0) is 14.0. The molecule has 2 N–H and O–H groups in total. The third-order valence-electron chi connectivity index (χ3n) is 2.66. The monoisotopic (exact) mass is 262 g/mol. The Balaban J connectivity index is 2.58. The maximum atomic E-state index is 12.6. The van der Waals surface area contributed by atoms with Crippen LogP contribution in [-0.2, 0) is 6.18 Å². The molecule has 0 saturated carbocycles. The predicted octanol–water partition coefficient (Wildman–Crippen LogP) is 3.83. The standard InChI is InChI=1S/C14H9F3N2/c15-14(16,17)11-3-1-2-9(6-11)13-5-4-12(19)7-10(13)8-18/h1-7H,19H2. The van der Waals surface area contributed by atoms with Gasteiger partial charge in [0.15, 0.2) is 0 Å². The fourth-order valence-electron chi connectivity index (χ4n) is 1.77. The second-order valence-corrected chi connectivity index (χ2v) is 4.00. The Morgan fingerprint density at radius 1 is 1.05 bits per heavy atom. The number of nitrogen functional groups attached to an aromatic ring is 1. The summed E-state index contributed by atoms with van der Waals surface area (Å²) in [6.07, 6.45) is -4.41. The number of hydrogen-bond acceptors (Lipinski definition) is 2. The van der Waals surface area contributed by atoms with Crippen molar-refractivity contribution in [3.05, 3.63) is 53.6 Å². The van der Waals surface area contributed by atoms with Crippen LogP contribution in [0.5, 0.6) is 0 Å². The highest BCUT2D eigenvalue weighted by Gasteiger charge is 2.30. The molecule has 0 amide bonds. The molecule has 19 heavy (non-hydrogen) atoms. The summed E-state index contributed by atoms with van der Waals surface area (Å²) in [5, 5.41) is 9.01. The van der Waals surface area contributed by atoms with Crippen LogP contribution in [-0.4, -0.2) is 0 Å². The largest absolute Gasteiger partial charge is 0.416 e. The molecule has 0 spiro atoms. The minimum Gasteiger partial charge on any atom is -0.399 e. The smallest absolute Gasteiger partial charge is 0.399 e. The van der Waals surface area contributed by atoms with E-state index in [9.17, 15) is 13.2 Å². The van der Waals surface area contributed by atoms with Gasteiger partial charge < -0.3 is 5.73 Å². The van der Waals surface area contributed by atoms with Gasteiger partial charge in [-0.25, -0.2) is 0 Å². The molecule has 0 atom stereocenters. The van der Waals surface area contributed by atoms with Crippen molar-refractivity contribution in [3.8, 4) is 17.2 Å². The van der Waals surface area contributed by atoms with Gasteiger partial charge in [0.05, 0.1) is 17.2 Å². The first-order chi connectivity index (χ1) is 8.91. The quantitative estimate of drug-likeness (QED) is 0.794. The lowest BCUT2D eigenvalue weighted by Crippen LogP contribution is -2.04. The van der Waals surface area contributed by atoms with Crippen LogP contribution in [0, 0.1) is 11.3 Å². The molecule has 2 aromatic carbocycles. The number of benzene rings is 2. The molecule has 0 radical (unpaired) electrons. The van der Waals surface area contributed by atoms with Crippen LogP contribution in [0.25, 0.3) is 11.1 Å². The summed E-state index contributed by atoms with van der Waals surface area (Å²) in [5.41, 5.74) is 6.22. The highest BCUT2D eigenvalue weighted by Crippen LogP contribution is 2.33. The van der Waals surface area contributed by atoms with Gasteiger partial charge >= 0.3 is 6.18 Å². The second kappa shape index (κ2) is 4.65. The molecule has 0 bridgehead atoms. The predicted molar refractivity (Wildman–Crippen MR) is 66.0 cm³/mol. The number of rotatable bonds is 1. The molecule has 0 aliphatic rings. The van der Waals surface area contributed by atoms with Crippen molar-refractivity contribution >= 4 is 5.69 Å². The Morgan fingerprint density at radius 2 is 1.79 bits per heavy atom. The van der Waals surface area contributed by atoms with E-state index in [1.807, 2.05) is 6.07 Å². The minimum absolute atomic E-state index is 0.249. The zero-order valence-corrected chi connectivity index (χ0v) is 9.70. The number of nitrogens with zero attached hydrogens (tertiary/aromatic N) is 1. The number of alkyl halides is 3. The van der Waals surface area contributed by atoms with E-state index < -0.39 is 11.7 Å². The molecule has 2 rings (SSSR count). The Hall–Kier alpha value is -2.48. The number of hydrogen-bond donors (Lipinski definition) is 1. The number of anilines is 1. The average molecular weight is 262 g/mol. The van der Waals surface area contributed by atoms with E-state index in [1.165, 1.54) is 18.2 Å². The minimum atomic E-state index is -4.41. The van der Waals surface area contributed by atoms with Crippen molar-refractivity contribution in [3.63, 3.8) is 0 Å². The van der Waals surface area contributed by atoms with Crippen LogP contribution in [0.1, 0.15) is 11.1 Å². The maximum Gasteiger partial charge on any atom is 0.416 e. The Kier molecular flexibility index (Phi) is 3.17. The third kappa shape index (κ3) is 2.68. The van der Waals surface area contributed by atoms with Crippen molar-refractivity contribution in [1.82, 2.24) is 0 Å². The highest BCUT2D eigenvalue weighted by atomic mass is 19.4. The molecule has 0 aromatic heterocycles. The molecule has 0 aliphatic carbocycles. The SMILES string of the molecule is N#Cc1cc(N)ccc1-c1cccc(C(F)(F)F)c1. The lowest BCUT2D eigenvalue weighted by Gasteiger charge is -2.10. The Labute approximate surface area is 107 Å². The van der Waals surface area contributed by atoms with Crippen molar-refractivity contribution in [2.24, 2.45) is 0 Å². The molecule has 0 aliphatic heterocycles. The van der Waals surface area contributed by atoms with Gasteiger partial charge in [0.25, 0.3) is 0 Å². The summed E-state index contributed by atoms with van der Waals surface area (Å²) in [5.74, 6) is 0. The van der Waals surface area contributed by atoms with E-state index >= 15 is 0 Å². The molecule has 5 heteroatoms. The van der Waals surface area contributed by atoms with Gasteiger partial charge in [0.1, 0.15) is 0 Å². The fourth-order valence-corrected chi connectivity index (χ4v) is 1.77. The summed E-state index contributed by atoms with van der Waals surface area (Å²) < 4.78 is 37.9. The lowest BCUT2D eigenvalue weighted by molar-refractivity contribution is -0.137. The lowest BCUT2D eigenvalue weighted by atomic mass is 9.98. The molecule has 0 fully saturated rings. The van der Waals surface area contributed by atoms with Gasteiger partial charge in [-0.3, -0.25) is 0 Å². The first-order valence-corrected chi connectivity index (χ1v) is 5.39. The molecule has 96 valence electrons. The summed E-state index contributed by atoms with van der Waals surface area (Å²) in [6, 6.07) is 11.3. The first-order valence-electron chi connectivity index (χ1n) is 5.39. The Bertz CT molecular complexity index is 654. The van der Waals surface area contributed by atoms with Gasteiger partial charge in [-0.05, 0) is 35.4 Å². The third-order valence-corrected chi connectivity index (χ3v) is 2.66. The van der Waals surface area contributed by atoms with E-state index in [0.717, 1.165) is 12.1 Å². The van der Waals surface area contributed by atoms with Gasteiger partial charge in [0, 0.05) is 5.69 Å². The zero-order valence-electron chi connectivity index (χ0n) is 9.70. The summed E-state index contributed by atoms with van der Waals surface area (Å²) in [6.45, 7) is 0. The molecule has 0 unspecified atom stereocenters. The summed E-state index contributed by atoms with van der Waals surface area (Å²) in [7, 11) is 0. The van der Waals surface area contributed by atoms with Crippen LogP contribution in [0.3, 0.4) is 0 Å². The van der Waals surface area contributed by atoms with Crippen LogP contribution >= 0.6 is 0 Å². The molecular formula is C14H9F3N2. The van der Waals surface area contributed by atoms with E-state index in [-0.39, 0.29) is 5.56 Å². The Morgan fingerprint density at radius 3 is 2.42 bits per heavy atom. The van der Waals surface area contributed by atoms with Gasteiger partial charge in [-0.2, -0.15) is 18.4 Å². The molecule has 0 heterocycles. The van der Waals surface area contributed by atoms with Crippen LogP contribution in [0.4, 0.5) is 18.9 Å². The van der Waals surface area contributed by atoms with E-state index in [0.29, 0.717) is 16.8 Å². The number of nitriles is 1. The molecular weight excluding hydrogens is 253 g/mol. The van der Waals surface area contributed by atoms with Gasteiger partial charge in [-0.1, -0.05) is 18.2 Å². The highest BCUT2D eigenvalue weighted by molar-refractivity contribution is 5.73. The van der Waals surface area contributed by atoms with E-state index in [4.69, 9.17) is 11.0 Å². The van der Waals surface area contributed by atoms with Gasteiger partial charge in [0.2, 0.25) is 0 Å². The fraction of sp³-hybridized carbons (Fsp3) is 0.0714. The van der Waals surface area contributed by atoms with Crippen LogP contribution in [0.15, 0.2) is 42.5 Å². The van der Waals surface area contributed by atoms with Crippen LogP contribution < -0.4 is 5.73 Å². The summed E-state index contributed by atoms with van der Waals surface area (Å²) in [4.78, 5) is 0. The first kappa shape index (κ1) is 13.0. The number of halogens is 3. The molecule has 2 aromatic rings. The van der Waals surface area contributed by atoms with E-state index in [2.05, 4.69) is 0 Å². The second-order valence-electron chi connectivity index (χ2n) is 4.00. The van der Waals surface area contributed by atoms with Crippen LogP contribution in [0.2, 0.25) is 0 Å². The molecule has 2 nitrogen and oxygen atoms in total. The summed E-state index contributed by atoms with van der Waals surface area (Å²) >= 11 is 0. The number of nitrogens with two attached hydrogens (primary N) is 1. The normalized spacial score (nSPS) is 11.1. The van der Waals surface area contributed by atoms with Crippen molar-refractivity contribution < 1.29 is 13.2 Å². The van der Waals surface area contributed by atoms with Gasteiger partial charge in [-0.15, -0.1) is 0 Å². The maximum absolute atomic E-state index is 12.6. The topological polar surface area (TPSA) is 49.8 Å². The van der Waals surface area contributed by atoms with E-state index in [1.54, 1.807) is 12.1 Å². The average Bonchev–Trinajstić information content (AvgIpc) is 2.37. The van der Waals surface area contributed by atoms with Crippen molar-refractivity contribution in [1.29, 1.82) is 5.26 Å². The van der Waals surface area contributed by atoms with Crippen molar-refractivity contribution in [2.75, 3.05) is 5.73 Å². The molecule has 0 saturated heterocycles. The van der Waals surface area contributed by atoms with Crippen molar-refractivity contribution in [2.45, 2.75) is 6.18 Å².